The number of para-hydroxylation sites is 1. The van der Waals surface area contributed by atoms with Crippen LogP contribution in [0.4, 0.5) is 5.69 Å². The van der Waals surface area contributed by atoms with Crippen LogP contribution in [0, 0.1) is 6.92 Å². The minimum Gasteiger partial charge on any atom is -0.469 e. The van der Waals surface area contributed by atoms with Gasteiger partial charge in [0, 0.05) is 29.3 Å². The van der Waals surface area contributed by atoms with E-state index in [1.807, 2.05) is 25.1 Å². The molecule has 4 rings (SSSR count). The molecule has 27 heavy (non-hydrogen) atoms. The summed E-state index contributed by atoms with van der Waals surface area (Å²) in [5.41, 5.74) is 1.88. The number of carbonyl (C=O) groups is 2. The maximum absolute atomic E-state index is 12.6. The maximum Gasteiger partial charge on any atom is 0.261 e. The summed E-state index contributed by atoms with van der Waals surface area (Å²) >= 11 is 0. The molecule has 6 heteroatoms. The molecule has 136 valence electrons. The number of benzene rings is 1. The average molecular weight is 362 g/mol. The Morgan fingerprint density at radius 3 is 2.70 bits per heavy atom. The molecule has 0 aliphatic heterocycles. The van der Waals surface area contributed by atoms with E-state index in [9.17, 15) is 14.4 Å². The first-order chi connectivity index (χ1) is 13.0. The summed E-state index contributed by atoms with van der Waals surface area (Å²) in [5, 5.41) is 2.73. The summed E-state index contributed by atoms with van der Waals surface area (Å²) in [6.07, 6.45) is 2.34. The van der Waals surface area contributed by atoms with Gasteiger partial charge in [-0.3, -0.25) is 14.4 Å². The van der Waals surface area contributed by atoms with Gasteiger partial charge in [-0.15, -0.1) is 0 Å². The number of carbonyl (C=O) groups excluding carboxylic acids is 2. The molecule has 1 aromatic carbocycles. The maximum atomic E-state index is 12.6. The molecule has 1 atom stereocenters. The zero-order chi connectivity index (χ0) is 19.0. The molecule has 0 unspecified atom stereocenters. The van der Waals surface area contributed by atoms with Crippen LogP contribution in [0.5, 0.6) is 0 Å². The van der Waals surface area contributed by atoms with Crippen LogP contribution < -0.4 is 10.9 Å². The van der Waals surface area contributed by atoms with Crippen molar-refractivity contribution in [2.45, 2.75) is 25.7 Å². The number of nitrogens with one attached hydrogen (secondary N) is 2. The smallest absolute Gasteiger partial charge is 0.261 e. The Bertz CT molecular complexity index is 1080. The average Bonchev–Trinajstić information content (AvgIpc) is 3.17. The van der Waals surface area contributed by atoms with E-state index in [1.165, 1.54) is 6.07 Å². The zero-order valence-electron chi connectivity index (χ0n) is 14.7. The topological polar surface area (TPSA) is 92.2 Å². The van der Waals surface area contributed by atoms with Gasteiger partial charge in [-0.05, 0) is 43.2 Å². The van der Waals surface area contributed by atoms with Gasteiger partial charge in [0.05, 0.1) is 6.26 Å². The van der Waals surface area contributed by atoms with Gasteiger partial charge in [0.1, 0.15) is 11.3 Å². The van der Waals surface area contributed by atoms with Crippen molar-refractivity contribution in [2.75, 3.05) is 5.32 Å². The van der Waals surface area contributed by atoms with E-state index in [4.69, 9.17) is 4.42 Å². The van der Waals surface area contributed by atoms with Crippen LogP contribution in [0.1, 0.15) is 50.1 Å². The SMILES string of the molecule is Cc1ccccc1NC(=O)c1cc2c([nH]c1=O)C[C@H](c1ccco1)CC2=O. The number of ketones is 1. The number of furan rings is 1. The van der Waals surface area contributed by atoms with Gasteiger partial charge in [0.15, 0.2) is 5.78 Å². The molecule has 2 heterocycles. The van der Waals surface area contributed by atoms with Gasteiger partial charge in [0.2, 0.25) is 0 Å². The molecule has 2 N–H and O–H groups in total. The Kier molecular flexibility index (Phi) is 4.24. The summed E-state index contributed by atoms with van der Waals surface area (Å²) in [4.78, 5) is 40.3. The minimum absolute atomic E-state index is 0.0678. The molecule has 1 aliphatic carbocycles. The number of pyridine rings is 1. The summed E-state index contributed by atoms with van der Waals surface area (Å²) in [6, 6.07) is 12.3. The number of aryl methyl sites for hydroxylation is 1. The molecule has 0 saturated carbocycles. The van der Waals surface area contributed by atoms with E-state index in [0.29, 0.717) is 23.4 Å². The molecule has 0 spiro atoms. The fraction of sp³-hybridized carbons (Fsp3) is 0.190. The van der Waals surface area contributed by atoms with Gasteiger partial charge in [-0.2, -0.15) is 0 Å². The highest BCUT2D eigenvalue weighted by Gasteiger charge is 2.30. The molecule has 0 bridgehead atoms. The standard InChI is InChI=1S/C21H18N2O4/c1-12-5-2-3-6-16(12)22-20(25)15-11-14-17(23-21(15)26)9-13(10-18(14)24)19-7-4-8-27-19/h2-8,11,13H,9-10H2,1H3,(H,22,25)(H,23,26)/t13-/m0/s1. The third-order valence-electron chi connectivity index (χ3n) is 4.89. The summed E-state index contributed by atoms with van der Waals surface area (Å²) in [7, 11) is 0. The first kappa shape index (κ1) is 17.0. The second-order valence-electron chi connectivity index (χ2n) is 6.72. The Balaban J connectivity index is 1.65. The lowest BCUT2D eigenvalue weighted by Crippen LogP contribution is -2.29. The number of anilines is 1. The van der Waals surface area contributed by atoms with Gasteiger partial charge >= 0.3 is 0 Å². The summed E-state index contributed by atoms with van der Waals surface area (Å²) in [6.45, 7) is 1.87. The van der Waals surface area contributed by atoms with Gasteiger partial charge in [-0.25, -0.2) is 0 Å². The molecule has 1 aliphatic rings. The normalized spacial score (nSPS) is 16.0. The lowest BCUT2D eigenvalue weighted by molar-refractivity contribution is 0.0959. The van der Waals surface area contributed by atoms with E-state index in [0.717, 1.165) is 11.3 Å². The second-order valence-corrected chi connectivity index (χ2v) is 6.72. The number of fused-ring (bicyclic) bond motifs is 1. The fourth-order valence-electron chi connectivity index (χ4n) is 3.43. The van der Waals surface area contributed by atoms with Crippen LogP contribution >= 0.6 is 0 Å². The highest BCUT2D eigenvalue weighted by molar-refractivity contribution is 6.07. The van der Waals surface area contributed by atoms with Crippen LogP contribution in [0.2, 0.25) is 0 Å². The van der Waals surface area contributed by atoms with Crippen molar-refractivity contribution >= 4 is 17.4 Å². The third-order valence-corrected chi connectivity index (χ3v) is 4.89. The number of hydrogen-bond acceptors (Lipinski definition) is 4. The number of hydrogen-bond donors (Lipinski definition) is 2. The molecule has 2 aromatic heterocycles. The molecule has 0 fully saturated rings. The van der Waals surface area contributed by atoms with Crippen LogP contribution in [-0.4, -0.2) is 16.7 Å². The number of Topliss-reactive ketones (excluding diaryl/α,β-unsaturated/α-hetero) is 1. The molecular formula is C21H18N2O4. The second kappa shape index (κ2) is 6.72. The number of aromatic nitrogens is 1. The van der Waals surface area contributed by atoms with E-state index < -0.39 is 11.5 Å². The Hall–Kier alpha value is -3.41. The molecular weight excluding hydrogens is 344 g/mol. The number of aromatic amines is 1. The van der Waals surface area contributed by atoms with Crippen molar-refractivity contribution in [2.24, 2.45) is 0 Å². The first-order valence-corrected chi connectivity index (χ1v) is 8.72. The number of rotatable bonds is 3. The van der Waals surface area contributed by atoms with Crippen molar-refractivity contribution < 1.29 is 14.0 Å². The predicted molar refractivity (Wildman–Crippen MR) is 100 cm³/mol. The highest BCUT2D eigenvalue weighted by atomic mass is 16.3. The first-order valence-electron chi connectivity index (χ1n) is 8.72. The lowest BCUT2D eigenvalue weighted by Gasteiger charge is -2.22. The molecule has 3 aromatic rings. The Labute approximate surface area is 155 Å². The Morgan fingerprint density at radius 1 is 1.15 bits per heavy atom. The van der Waals surface area contributed by atoms with Gasteiger partial charge in [-0.1, -0.05) is 18.2 Å². The predicted octanol–water partition coefficient (Wildman–Crippen LogP) is 3.44. The fourth-order valence-corrected chi connectivity index (χ4v) is 3.43. The molecule has 0 saturated heterocycles. The minimum atomic E-state index is -0.533. The Morgan fingerprint density at radius 2 is 1.96 bits per heavy atom. The van der Waals surface area contributed by atoms with Crippen LogP contribution in [0.15, 0.2) is 57.9 Å². The molecule has 0 radical (unpaired) electrons. The van der Waals surface area contributed by atoms with Crippen LogP contribution in [0.25, 0.3) is 0 Å². The van der Waals surface area contributed by atoms with Crippen molar-refractivity contribution in [3.05, 3.63) is 87.2 Å². The third kappa shape index (κ3) is 3.21. The highest BCUT2D eigenvalue weighted by Crippen LogP contribution is 2.31. The summed E-state index contributed by atoms with van der Waals surface area (Å²) < 4.78 is 5.40. The van der Waals surface area contributed by atoms with Gasteiger partial charge < -0.3 is 14.7 Å². The van der Waals surface area contributed by atoms with Crippen molar-refractivity contribution in [1.29, 1.82) is 0 Å². The lowest BCUT2D eigenvalue weighted by atomic mass is 9.84. The van der Waals surface area contributed by atoms with E-state index in [1.54, 1.807) is 24.5 Å². The largest absolute Gasteiger partial charge is 0.469 e. The van der Waals surface area contributed by atoms with Crippen LogP contribution in [-0.2, 0) is 6.42 Å². The molecule has 1 amide bonds. The summed E-state index contributed by atoms with van der Waals surface area (Å²) in [5.74, 6) is -0.0355. The van der Waals surface area contributed by atoms with Crippen molar-refractivity contribution in [3.8, 4) is 0 Å². The van der Waals surface area contributed by atoms with Gasteiger partial charge in [0.25, 0.3) is 11.5 Å². The van der Waals surface area contributed by atoms with E-state index in [2.05, 4.69) is 10.3 Å². The van der Waals surface area contributed by atoms with Crippen molar-refractivity contribution in [3.63, 3.8) is 0 Å². The monoisotopic (exact) mass is 362 g/mol. The van der Waals surface area contributed by atoms with E-state index in [-0.39, 0.29) is 23.7 Å². The van der Waals surface area contributed by atoms with Crippen LogP contribution in [0.3, 0.4) is 0 Å². The van der Waals surface area contributed by atoms with E-state index >= 15 is 0 Å². The quantitative estimate of drug-likeness (QED) is 0.746. The molecule has 6 nitrogen and oxygen atoms in total. The number of amides is 1. The number of H-pyrrole nitrogens is 1. The van der Waals surface area contributed by atoms with Crippen molar-refractivity contribution in [1.82, 2.24) is 4.98 Å². The zero-order valence-corrected chi connectivity index (χ0v) is 14.7.